The van der Waals surface area contributed by atoms with Crippen LogP contribution in [0.4, 0.5) is 5.69 Å². The summed E-state index contributed by atoms with van der Waals surface area (Å²) in [6, 6.07) is 5.53. The number of rotatable bonds is 4. The van der Waals surface area contributed by atoms with Crippen molar-refractivity contribution in [2.24, 2.45) is 5.41 Å². The number of carboxylic acid groups (broad SMARTS) is 1. The topological polar surface area (TPSA) is 69.6 Å². The van der Waals surface area contributed by atoms with Crippen LogP contribution in [0.15, 0.2) is 23.1 Å². The third-order valence-electron chi connectivity index (χ3n) is 4.01. The number of hydrogen-bond donors (Lipinski definition) is 3. The van der Waals surface area contributed by atoms with Crippen molar-refractivity contribution in [1.29, 1.82) is 0 Å². The van der Waals surface area contributed by atoms with Gasteiger partial charge in [0.1, 0.15) is 0 Å². The molecule has 0 radical (unpaired) electrons. The summed E-state index contributed by atoms with van der Waals surface area (Å²) < 4.78 is 0. The number of aliphatic hydroxyl groups excluding tert-OH is 1. The first-order chi connectivity index (χ1) is 8.87. The standard InChI is InChI=1S/C14H19NO3S/c1-14(2)10(7-11(14)16)15-8-5-4-6-9(19-3)12(8)13(17)18/h4-6,10-11,15-16H,7H2,1-3H3,(H,17,18). The molecule has 4 nitrogen and oxygen atoms in total. The van der Waals surface area contributed by atoms with Gasteiger partial charge in [-0.15, -0.1) is 11.8 Å². The molecule has 2 atom stereocenters. The molecule has 0 spiro atoms. The van der Waals surface area contributed by atoms with Gasteiger partial charge in [-0.3, -0.25) is 0 Å². The highest BCUT2D eigenvalue weighted by Gasteiger charge is 2.47. The molecule has 2 unspecified atom stereocenters. The van der Waals surface area contributed by atoms with Crippen LogP contribution in [0.25, 0.3) is 0 Å². The van der Waals surface area contributed by atoms with E-state index in [1.807, 2.05) is 26.2 Å². The molecule has 0 aromatic heterocycles. The van der Waals surface area contributed by atoms with Crippen molar-refractivity contribution in [2.45, 2.75) is 37.3 Å². The summed E-state index contributed by atoms with van der Waals surface area (Å²) in [4.78, 5) is 12.2. The summed E-state index contributed by atoms with van der Waals surface area (Å²) in [5.74, 6) is -0.926. The van der Waals surface area contributed by atoms with Crippen LogP contribution in [0.3, 0.4) is 0 Å². The Bertz CT molecular complexity index is 501. The van der Waals surface area contributed by atoms with Crippen LogP contribution < -0.4 is 5.32 Å². The lowest BCUT2D eigenvalue weighted by atomic mass is 9.64. The highest BCUT2D eigenvalue weighted by molar-refractivity contribution is 7.98. The molecule has 0 aliphatic heterocycles. The van der Waals surface area contributed by atoms with Gasteiger partial charge in [-0.2, -0.15) is 0 Å². The van der Waals surface area contributed by atoms with Gasteiger partial charge in [0.15, 0.2) is 0 Å². The Hall–Kier alpha value is -1.20. The lowest BCUT2D eigenvalue weighted by molar-refractivity contribution is -0.0510. The lowest BCUT2D eigenvalue weighted by Crippen LogP contribution is -2.57. The van der Waals surface area contributed by atoms with E-state index in [2.05, 4.69) is 5.32 Å². The van der Waals surface area contributed by atoms with E-state index in [1.165, 1.54) is 11.8 Å². The molecule has 19 heavy (non-hydrogen) atoms. The van der Waals surface area contributed by atoms with Crippen LogP contribution in [-0.4, -0.2) is 34.6 Å². The Kier molecular flexibility index (Phi) is 3.78. The van der Waals surface area contributed by atoms with Gasteiger partial charge in [0.2, 0.25) is 0 Å². The lowest BCUT2D eigenvalue weighted by Gasteiger charge is -2.50. The molecule has 0 bridgehead atoms. The molecule has 1 aromatic carbocycles. The van der Waals surface area contributed by atoms with Gasteiger partial charge in [-0.05, 0) is 24.8 Å². The molecular weight excluding hydrogens is 262 g/mol. The van der Waals surface area contributed by atoms with Crippen molar-refractivity contribution in [3.8, 4) is 0 Å². The average Bonchev–Trinajstić information content (AvgIpc) is 2.37. The van der Waals surface area contributed by atoms with Gasteiger partial charge in [-0.1, -0.05) is 19.9 Å². The van der Waals surface area contributed by atoms with Crippen molar-refractivity contribution in [1.82, 2.24) is 0 Å². The number of aliphatic hydroxyl groups is 1. The van der Waals surface area contributed by atoms with Crippen LogP contribution in [0.1, 0.15) is 30.6 Å². The second-order valence-corrected chi connectivity index (χ2v) is 6.31. The Balaban J connectivity index is 2.29. The van der Waals surface area contributed by atoms with E-state index in [9.17, 15) is 15.0 Å². The fourth-order valence-corrected chi connectivity index (χ4v) is 2.99. The van der Waals surface area contributed by atoms with E-state index in [-0.39, 0.29) is 17.6 Å². The molecular formula is C14H19NO3S. The van der Waals surface area contributed by atoms with Crippen LogP contribution in [0, 0.1) is 5.41 Å². The van der Waals surface area contributed by atoms with E-state index in [0.29, 0.717) is 17.7 Å². The first-order valence-corrected chi connectivity index (χ1v) is 7.45. The molecule has 0 saturated heterocycles. The third kappa shape index (κ3) is 2.44. The van der Waals surface area contributed by atoms with Crippen molar-refractivity contribution < 1.29 is 15.0 Å². The van der Waals surface area contributed by atoms with E-state index in [0.717, 1.165) is 4.90 Å². The van der Waals surface area contributed by atoms with E-state index < -0.39 is 5.97 Å². The number of hydrogen-bond acceptors (Lipinski definition) is 4. The van der Waals surface area contributed by atoms with Crippen molar-refractivity contribution in [3.05, 3.63) is 23.8 Å². The van der Waals surface area contributed by atoms with Crippen molar-refractivity contribution >= 4 is 23.4 Å². The fourth-order valence-electron chi connectivity index (χ4n) is 2.38. The number of nitrogens with one attached hydrogen (secondary N) is 1. The smallest absolute Gasteiger partial charge is 0.338 e. The van der Waals surface area contributed by atoms with Gasteiger partial charge < -0.3 is 15.5 Å². The maximum atomic E-state index is 11.4. The second-order valence-electron chi connectivity index (χ2n) is 5.46. The van der Waals surface area contributed by atoms with Gasteiger partial charge >= 0.3 is 5.97 Å². The SMILES string of the molecule is CSc1cccc(NC2CC(O)C2(C)C)c1C(=O)O. The maximum absolute atomic E-state index is 11.4. The predicted molar refractivity (Wildman–Crippen MR) is 77.0 cm³/mol. The quantitative estimate of drug-likeness (QED) is 0.740. The monoisotopic (exact) mass is 281 g/mol. The molecule has 2 rings (SSSR count). The van der Waals surface area contributed by atoms with Crippen LogP contribution in [0.2, 0.25) is 0 Å². The summed E-state index contributed by atoms with van der Waals surface area (Å²) in [5, 5.41) is 22.4. The minimum atomic E-state index is -0.926. The van der Waals surface area contributed by atoms with E-state index in [4.69, 9.17) is 0 Å². The van der Waals surface area contributed by atoms with Gasteiger partial charge in [-0.25, -0.2) is 4.79 Å². The zero-order valence-corrected chi connectivity index (χ0v) is 12.1. The Morgan fingerprint density at radius 2 is 2.16 bits per heavy atom. The highest BCUT2D eigenvalue weighted by atomic mass is 32.2. The van der Waals surface area contributed by atoms with Gasteiger partial charge in [0.05, 0.1) is 17.4 Å². The molecule has 1 fully saturated rings. The molecule has 3 N–H and O–H groups in total. The number of thioether (sulfide) groups is 1. The molecule has 1 aliphatic carbocycles. The third-order valence-corrected chi connectivity index (χ3v) is 4.79. The summed E-state index contributed by atoms with van der Waals surface area (Å²) in [5.41, 5.74) is 0.710. The molecule has 1 aliphatic rings. The zero-order valence-electron chi connectivity index (χ0n) is 11.3. The minimum absolute atomic E-state index is 0.0951. The molecule has 0 heterocycles. The van der Waals surface area contributed by atoms with Crippen molar-refractivity contribution in [3.63, 3.8) is 0 Å². The number of anilines is 1. The predicted octanol–water partition coefficient (Wildman–Crippen LogP) is 2.68. The van der Waals surface area contributed by atoms with Crippen LogP contribution in [-0.2, 0) is 0 Å². The number of benzene rings is 1. The summed E-state index contributed by atoms with van der Waals surface area (Å²) >= 11 is 1.42. The second kappa shape index (κ2) is 5.06. The maximum Gasteiger partial charge on any atom is 0.338 e. The highest BCUT2D eigenvalue weighted by Crippen LogP contribution is 2.43. The Morgan fingerprint density at radius 3 is 2.63 bits per heavy atom. The Labute approximate surface area is 117 Å². The molecule has 5 heteroatoms. The molecule has 1 aromatic rings. The number of aromatic carboxylic acids is 1. The van der Waals surface area contributed by atoms with E-state index >= 15 is 0 Å². The largest absolute Gasteiger partial charge is 0.478 e. The van der Waals surface area contributed by atoms with Gasteiger partial charge in [0, 0.05) is 16.4 Å². The molecule has 104 valence electrons. The summed E-state index contributed by atoms with van der Waals surface area (Å²) in [6.45, 7) is 3.97. The first-order valence-electron chi connectivity index (χ1n) is 6.22. The Morgan fingerprint density at radius 1 is 1.47 bits per heavy atom. The van der Waals surface area contributed by atoms with Crippen molar-refractivity contribution in [2.75, 3.05) is 11.6 Å². The average molecular weight is 281 g/mol. The summed E-state index contributed by atoms with van der Waals surface area (Å²) in [6.07, 6.45) is 2.18. The van der Waals surface area contributed by atoms with Crippen LogP contribution in [0.5, 0.6) is 0 Å². The summed E-state index contributed by atoms with van der Waals surface area (Å²) in [7, 11) is 0. The number of carboxylic acids is 1. The zero-order chi connectivity index (χ0) is 14.2. The van der Waals surface area contributed by atoms with Gasteiger partial charge in [0.25, 0.3) is 0 Å². The minimum Gasteiger partial charge on any atom is -0.478 e. The first kappa shape index (κ1) is 14.2. The molecule has 0 amide bonds. The normalized spacial score (nSPS) is 24.6. The van der Waals surface area contributed by atoms with E-state index in [1.54, 1.807) is 12.1 Å². The van der Waals surface area contributed by atoms with Crippen LogP contribution >= 0.6 is 11.8 Å². The fraction of sp³-hybridized carbons (Fsp3) is 0.500. The molecule has 1 saturated carbocycles. The number of carbonyl (C=O) groups is 1.